The molecule has 1 aromatic rings. The summed E-state index contributed by atoms with van der Waals surface area (Å²) in [6, 6.07) is 4.13. The fourth-order valence-corrected chi connectivity index (χ4v) is 1.51. The first kappa shape index (κ1) is 12.0. The van der Waals surface area contributed by atoms with E-state index in [1.807, 2.05) is 24.4 Å². The molecule has 0 aliphatic heterocycles. The summed E-state index contributed by atoms with van der Waals surface area (Å²) in [6.45, 7) is 8.11. The third kappa shape index (κ3) is 3.22. The molecule has 0 aliphatic carbocycles. The Kier molecular flexibility index (Phi) is 4.59. The number of H-pyrrole nitrogens is 1. The Morgan fingerprint density at radius 3 is 2.73 bits per heavy atom. The first-order chi connectivity index (χ1) is 7.19. The molecule has 2 atom stereocenters. The van der Waals surface area contributed by atoms with Crippen molar-refractivity contribution in [2.75, 3.05) is 6.61 Å². The van der Waals surface area contributed by atoms with E-state index in [0.717, 1.165) is 5.69 Å². The van der Waals surface area contributed by atoms with Crippen molar-refractivity contribution in [3.8, 4) is 0 Å². The van der Waals surface area contributed by atoms with Crippen molar-refractivity contribution in [3.63, 3.8) is 0 Å². The molecule has 3 N–H and O–H groups in total. The molecule has 0 amide bonds. The van der Waals surface area contributed by atoms with Crippen LogP contribution in [0.25, 0.3) is 0 Å². The molecule has 0 bridgehead atoms. The van der Waals surface area contributed by atoms with Gasteiger partial charge in [0.05, 0.1) is 12.6 Å². The zero-order chi connectivity index (χ0) is 11.3. The fourth-order valence-electron chi connectivity index (χ4n) is 1.51. The summed E-state index contributed by atoms with van der Waals surface area (Å²) in [4.78, 5) is 3.14. The maximum absolute atomic E-state index is 9.23. The number of aromatic amines is 1. The predicted octanol–water partition coefficient (Wildman–Crippen LogP) is 1.85. The van der Waals surface area contributed by atoms with Gasteiger partial charge in [-0.25, -0.2) is 0 Å². The predicted molar refractivity (Wildman–Crippen MR) is 62.6 cm³/mol. The van der Waals surface area contributed by atoms with Gasteiger partial charge in [-0.3, -0.25) is 0 Å². The number of nitrogens with one attached hydrogen (secondary N) is 2. The lowest BCUT2D eigenvalue weighted by Crippen LogP contribution is -2.39. The minimum atomic E-state index is 0.0690. The number of rotatable bonds is 6. The summed E-state index contributed by atoms with van der Waals surface area (Å²) in [5.41, 5.74) is 1.07. The van der Waals surface area contributed by atoms with Gasteiger partial charge in [0.1, 0.15) is 0 Å². The second-order valence-corrected chi connectivity index (χ2v) is 4.04. The highest BCUT2D eigenvalue weighted by molar-refractivity contribution is 5.14. The van der Waals surface area contributed by atoms with Crippen molar-refractivity contribution in [1.29, 1.82) is 0 Å². The van der Waals surface area contributed by atoms with E-state index in [-0.39, 0.29) is 18.7 Å². The minimum Gasteiger partial charge on any atom is -0.395 e. The third-order valence-corrected chi connectivity index (χ3v) is 2.59. The molecule has 3 nitrogen and oxygen atoms in total. The molecule has 0 saturated carbocycles. The molecule has 0 fully saturated rings. The van der Waals surface area contributed by atoms with Crippen LogP contribution in [-0.2, 0) is 0 Å². The lowest BCUT2D eigenvalue weighted by atomic mass is 10.0. The van der Waals surface area contributed by atoms with Gasteiger partial charge in [0, 0.05) is 17.9 Å². The van der Waals surface area contributed by atoms with Gasteiger partial charge in [-0.2, -0.15) is 0 Å². The molecule has 15 heavy (non-hydrogen) atoms. The molecule has 0 aromatic carbocycles. The highest BCUT2D eigenvalue weighted by Gasteiger charge is 2.16. The van der Waals surface area contributed by atoms with E-state index < -0.39 is 0 Å². The van der Waals surface area contributed by atoms with E-state index in [1.54, 1.807) is 0 Å². The molecular weight excluding hydrogens is 188 g/mol. The summed E-state index contributed by atoms with van der Waals surface area (Å²) >= 11 is 0. The first-order valence-corrected chi connectivity index (χ1v) is 5.31. The highest BCUT2D eigenvalue weighted by atomic mass is 16.3. The lowest BCUT2D eigenvalue weighted by Gasteiger charge is -2.24. The van der Waals surface area contributed by atoms with Gasteiger partial charge < -0.3 is 15.4 Å². The normalized spacial score (nSPS) is 15.2. The molecular formula is C12H20N2O. The monoisotopic (exact) mass is 208 g/mol. The summed E-state index contributed by atoms with van der Waals surface area (Å²) in [5.74, 6) is 0.396. The number of aliphatic hydroxyl groups excluding tert-OH is 1. The van der Waals surface area contributed by atoms with Crippen LogP contribution in [0.5, 0.6) is 0 Å². The van der Waals surface area contributed by atoms with Crippen molar-refractivity contribution in [1.82, 2.24) is 10.3 Å². The van der Waals surface area contributed by atoms with Crippen molar-refractivity contribution in [3.05, 3.63) is 36.7 Å². The Balaban J connectivity index is 2.64. The highest BCUT2D eigenvalue weighted by Crippen LogP contribution is 2.14. The van der Waals surface area contributed by atoms with Gasteiger partial charge in [-0.05, 0) is 18.1 Å². The molecule has 0 unspecified atom stereocenters. The molecule has 3 heteroatoms. The number of hydrogen-bond donors (Lipinski definition) is 3. The third-order valence-electron chi connectivity index (χ3n) is 2.59. The molecule has 1 rings (SSSR count). The maximum atomic E-state index is 9.23. The zero-order valence-electron chi connectivity index (χ0n) is 9.40. The Morgan fingerprint density at radius 1 is 1.60 bits per heavy atom. The van der Waals surface area contributed by atoms with Crippen LogP contribution in [0.2, 0.25) is 0 Å². The van der Waals surface area contributed by atoms with E-state index in [4.69, 9.17) is 0 Å². The quantitative estimate of drug-likeness (QED) is 0.625. The Hall–Kier alpha value is -1.06. The number of hydrogen-bond acceptors (Lipinski definition) is 2. The van der Waals surface area contributed by atoms with Crippen molar-refractivity contribution in [2.45, 2.75) is 25.9 Å². The molecule has 0 radical (unpaired) electrons. The SMILES string of the molecule is C=C[C@H](N[C@H](CO)C(C)C)c1ccc[nH]1. The van der Waals surface area contributed by atoms with E-state index in [0.29, 0.717) is 5.92 Å². The smallest absolute Gasteiger partial charge is 0.0659 e. The largest absolute Gasteiger partial charge is 0.395 e. The van der Waals surface area contributed by atoms with Crippen LogP contribution in [0.15, 0.2) is 31.0 Å². The molecule has 1 heterocycles. The molecule has 0 spiro atoms. The van der Waals surface area contributed by atoms with Gasteiger partial charge in [-0.15, -0.1) is 6.58 Å². The van der Waals surface area contributed by atoms with Gasteiger partial charge in [0.15, 0.2) is 0 Å². The van der Waals surface area contributed by atoms with Crippen molar-refractivity contribution < 1.29 is 5.11 Å². The zero-order valence-corrected chi connectivity index (χ0v) is 9.40. The van der Waals surface area contributed by atoms with Crippen LogP contribution >= 0.6 is 0 Å². The Labute approximate surface area is 91.2 Å². The van der Waals surface area contributed by atoms with Crippen LogP contribution in [-0.4, -0.2) is 22.7 Å². The lowest BCUT2D eigenvalue weighted by molar-refractivity contribution is 0.204. The van der Waals surface area contributed by atoms with Gasteiger partial charge in [0.2, 0.25) is 0 Å². The molecule has 0 aliphatic rings. The first-order valence-electron chi connectivity index (χ1n) is 5.31. The summed E-state index contributed by atoms with van der Waals surface area (Å²) in [7, 11) is 0. The average molecular weight is 208 g/mol. The second-order valence-electron chi connectivity index (χ2n) is 4.04. The topological polar surface area (TPSA) is 48.0 Å². The maximum Gasteiger partial charge on any atom is 0.0659 e. The number of aromatic nitrogens is 1. The Morgan fingerprint density at radius 2 is 2.33 bits per heavy atom. The molecule has 1 aromatic heterocycles. The Bertz CT molecular complexity index is 280. The minimum absolute atomic E-state index is 0.0690. The van der Waals surface area contributed by atoms with Crippen LogP contribution in [0.3, 0.4) is 0 Å². The summed E-state index contributed by atoms with van der Waals surface area (Å²) in [5, 5.41) is 12.6. The molecule has 84 valence electrons. The number of aliphatic hydroxyl groups is 1. The summed E-state index contributed by atoms with van der Waals surface area (Å²) in [6.07, 6.45) is 3.73. The standard InChI is InChI=1S/C12H20N2O/c1-4-10(11-6-5-7-13-11)14-12(8-15)9(2)3/h4-7,9-10,12-15H,1,8H2,2-3H3/t10-,12+/m0/s1. The van der Waals surface area contributed by atoms with Gasteiger partial charge in [0.25, 0.3) is 0 Å². The fraction of sp³-hybridized carbons (Fsp3) is 0.500. The van der Waals surface area contributed by atoms with E-state index in [1.165, 1.54) is 0 Å². The van der Waals surface area contributed by atoms with Crippen molar-refractivity contribution in [2.24, 2.45) is 5.92 Å². The summed E-state index contributed by atoms with van der Waals surface area (Å²) < 4.78 is 0. The van der Waals surface area contributed by atoms with E-state index >= 15 is 0 Å². The molecule has 0 saturated heterocycles. The average Bonchev–Trinajstić information content (AvgIpc) is 2.72. The van der Waals surface area contributed by atoms with Crippen LogP contribution in [0, 0.1) is 5.92 Å². The van der Waals surface area contributed by atoms with Crippen LogP contribution in [0.4, 0.5) is 0 Å². The van der Waals surface area contributed by atoms with Crippen LogP contribution in [0.1, 0.15) is 25.6 Å². The van der Waals surface area contributed by atoms with Crippen LogP contribution < -0.4 is 5.32 Å². The second kappa shape index (κ2) is 5.73. The van der Waals surface area contributed by atoms with Crippen molar-refractivity contribution >= 4 is 0 Å². The van der Waals surface area contributed by atoms with Gasteiger partial charge in [-0.1, -0.05) is 19.9 Å². The van der Waals surface area contributed by atoms with E-state index in [2.05, 4.69) is 30.7 Å². The van der Waals surface area contributed by atoms with Gasteiger partial charge >= 0.3 is 0 Å². The van der Waals surface area contributed by atoms with E-state index in [9.17, 15) is 5.11 Å².